The standard InChI is InChI=1S/C19H33N5O5S/c1-4-6-8-27-12-16-15(28-9-7-5-2)10-14(29-16)13-11-22-18(23-13)17(20)24-19(21)30(3,25)26/h11,14-16H,4-10,12H2,1-3H3,(H,22,23)(H3,20,21,24)/t14-,15+,16-/m1/s1. The fraction of sp³-hybridized carbons (Fsp3) is 0.737. The lowest BCUT2D eigenvalue weighted by atomic mass is 10.1. The van der Waals surface area contributed by atoms with Gasteiger partial charge in [0.05, 0.1) is 24.6 Å². The highest BCUT2D eigenvalue weighted by molar-refractivity contribution is 8.05. The third-order valence-corrected chi connectivity index (χ3v) is 5.51. The van der Waals surface area contributed by atoms with Crippen molar-refractivity contribution in [2.24, 2.45) is 10.7 Å². The van der Waals surface area contributed by atoms with Crippen LogP contribution >= 0.6 is 0 Å². The zero-order chi connectivity index (χ0) is 22.1. The predicted octanol–water partition coefficient (Wildman–Crippen LogP) is 1.93. The molecule has 3 atom stereocenters. The molecule has 11 heteroatoms. The molecular weight excluding hydrogens is 410 g/mol. The Morgan fingerprint density at radius 1 is 1.37 bits per heavy atom. The number of nitrogens with one attached hydrogen (secondary N) is 2. The van der Waals surface area contributed by atoms with Gasteiger partial charge in [0.2, 0.25) is 15.0 Å². The van der Waals surface area contributed by atoms with E-state index in [1.165, 1.54) is 0 Å². The van der Waals surface area contributed by atoms with Gasteiger partial charge < -0.3 is 24.9 Å². The second kappa shape index (κ2) is 11.5. The largest absolute Gasteiger partial charge is 0.381 e. The van der Waals surface area contributed by atoms with Crippen molar-refractivity contribution in [3.63, 3.8) is 0 Å². The first-order valence-electron chi connectivity index (χ1n) is 10.3. The number of unbranched alkanes of at least 4 members (excludes halogenated alkanes) is 2. The highest BCUT2D eigenvalue weighted by atomic mass is 32.2. The Labute approximate surface area is 178 Å². The zero-order valence-corrected chi connectivity index (χ0v) is 18.7. The number of nitrogens with two attached hydrogens (primary N) is 1. The summed E-state index contributed by atoms with van der Waals surface area (Å²) < 4.78 is 40.6. The van der Waals surface area contributed by atoms with Crippen molar-refractivity contribution in [1.82, 2.24) is 9.97 Å². The summed E-state index contributed by atoms with van der Waals surface area (Å²) in [7, 11) is -3.73. The molecule has 0 saturated carbocycles. The van der Waals surface area contributed by atoms with Crippen LogP contribution in [0.4, 0.5) is 0 Å². The van der Waals surface area contributed by atoms with E-state index in [1.54, 1.807) is 6.20 Å². The van der Waals surface area contributed by atoms with E-state index in [0.717, 1.165) is 31.9 Å². The van der Waals surface area contributed by atoms with Gasteiger partial charge in [0.1, 0.15) is 12.2 Å². The predicted molar refractivity (Wildman–Crippen MR) is 114 cm³/mol. The van der Waals surface area contributed by atoms with Crippen LogP contribution in [0.1, 0.15) is 63.6 Å². The number of nitrogens with zero attached hydrogens (tertiary/aromatic N) is 2. The number of ether oxygens (including phenoxy) is 3. The number of H-pyrrole nitrogens is 1. The maximum Gasteiger partial charge on any atom is 0.241 e. The Kier molecular flexibility index (Phi) is 9.40. The van der Waals surface area contributed by atoms with E-state index in [1.807, 2.05) is 0 Å². The molecule has 0 aliphatic carbocycles. The second-order valence-corrected chi connectivity index (χ2v) is 9.28. The van der Waals surface area contributed by atoms with Crippen molar-refractivity contribution in [1.29, 1.82) is 5.41 Å². The first-order chi connectivity index (χ1) is 14.3. The zero-order valence-electron chi connectivity index (χ0n) is 17.9. The number of aromatic amines is 1. The SMILES string of the molecule is CCCCOC[C@H]1O[C@@H](c2cnc(/C(N)=N\C(=N)S(C)(=O)=O)[nH]2)C[C@@H]1OCCCC. The summed E-state index contributed by atoms with van der Waals surface area (Å²) in [5.74, 6) is 0.0120. The molecule has 4 N–H and O–H groups in total. The van der Waals surface area contributed by atoms with Gasteiger partial charge in [0, 0.05) is 25.9 Å². The molecule has 1 aromatic heterocycles. The van der Waals surface area contributed by atoms with Gasteiger partial charge in [-0.15, -0.1) is 0 Å². The van der Waals surface area contributed by atoms with E-state index in [-0.39, 0.29) is 30.0 Å². The van der Waals surface area contributed by atoms with Gasteiger partial charge in [-0.25, -0.2) is 13.4 Å². The number of sulfone groups is 1. The molecule has 1 aliphatic heterocycles. The third-order valence-electron chi connectivity index (χ3n) is 4.71. The number of hydrogen-bond donors (Lipinski definition) is 3. The summed E-state index contributed by atoms with van der Waals surface area (Å²) in [6, 6.07) is 0. The molecule has 2 heterocycles. The molecule has 170 valence electrons. The van der Waals surface area contributed by atoms with Crippen molar-refractivity contribution < 1.29 is 22.6 Å². The minimum absolute atomic E-state index is 0.0839. The van der Waals surface area contributed by atoms with E-state index in [0.29, 0.717) is 31.9 Å². The summed E-state index contributed by atoms with van der Waals surface area (Å²) >= 11 is 0. The first kappa shape index (κ1) is 24.4. The van der Waals surface area contributed by atoms with Crippen LogP contribution in [-0.4, -0.2) is 67.7 Å². The van der Waals surface area contributed by atoms with Gasteiger partial charge in [0.25, 0.3) is 0 Å². The molecule has 0 radical (unpaired) electrons. The smallest absolute Gasteiger partial charge is 0.241 e. The summed E-state index contributed by atoms with van der Waals surface area (Å²) in [5.41, 5.74) is 6.49. The highest BCUT2D eigenvalue weighted by Crippen LogP contribution is 2.34. The van der Waals surface area contributed by atoms with Crippen molar-refractivity contribution in [3.05, 3.63) is 17.7 Å². The maximum atomic E-state index is 11.4. The molecule has 10 nitrogen and oxygen atoms in total. The minimum atomic E-state index is -3.73. The molecule has 1 fully saturated rings. The minimum Gasteiger partial charge on any atom is -0.381 e. The Morgan fingerprint density at radius 3 is 2.73 bits per heavy atom. The number of aromatic nitrogens is 2. The average Bonchev–Trinajstić information content (AvgIpc) is 3.32. The molecule has 1 saturated heterocycles. The Hall–Kier alpha value is -1.82. The molecule has 0 amide bonds. The van der Waals surface area contributed by atoms with E-state index in [4.69, 9.17) is 25.4 Å². The molecule has 0 spiro atoms. The summed E-state index contributed by atoms with van der Waals surface area (Å²) in [6.45, 7) is 6.05. The lowest BCUT2D eigenvalue weighted by Gasteiger charge is -2.19. The van der Waals surface area contributed by atoms with Crippen LogP contribution in [0.2, 0.25) is 0 Å². The van der Waals surface area contributed by atoms with Crippen LogP contribution in [0.15, 0.2) is 11.2 Å². The average molecular weight is 444 g/mol. The van der Waals surface area contributed by atoms with Gasteiger partial charge in [-0.1, -0.05) is 26.7 Å². The fourth-order valence-electron chi connectivity index (χ4n) is 2.94. The number of rotatable bonds is 11. The van der Waals surface area contributed by atoms with E-state index in [2.05, 4.69) is 28.8 Å². The number of aliphatic imine (C=N–C) groups is 1. The van der Waals surface area contributed by atoms with Crippen LogP contribution in [0.5, 0.6) is 0 Å². The molecule has 0 bridgehead atoms. The van der Waals surface area contributed by atoms with Crippen molar-refractivity contribution >= 4 is 20.8 Å². The monoisotopic (exact) mass is 443 g/mol. The molecule has 2 rings (SSSR count). The Morgan fingerprint density at radius 2 is 2.07 bits per heavy atom. The molecule has 0 aromatic carbocycles. The lowest BCUT2D eigenvalue weighted by Crippen LogP contribution is -2.29. The van der Waals surface area contributed by atoms with Gasteiger partial charge >= 0.3 is 0 Å². The topological polar surface area (TPSA) is 153 Å². The summed E-state index contributed by atoms with van der Waals surface area (Å²) in [4.78, 5) is 10.8. The van der Waals surface area contributed by atoms with Crippen LogP contribution < -0.4 is 5.73 Å². The van der Waals surface area contributed by atoms with E-state index in [9.17, 15) is 8.42 Å². The van der Waals surface area contributed by atoms with Crippen molar-refractivity contribution in [2.75, 3.05) is 26.1 Å². The quantitative estimate of drug-likeness (QED) is 0.268. The molecule has 30 heavy (non-hydrogen) atoms. The second-order valence-electron chi connectivity index (χ2n) is 7.35. The fourth-order valence-corrected chi connectivity index (χ4v) is 3.20. The summed E-state index contributed by atoms with van der Waals surface area (Å²) in [5, 5.41) is 6.65. The Bertz CT molecular complexity index is 823. The normalized spacial score (nSPS) is 22.5. The number of hydrogen-bond acceptors (Lipinski definition) is 7. The molecular formula is C19H33N5O5S. The third kappa shape index (κ3) is 7.15. The van der Waals surface area contributed by atoms with Gasteiger partial charge in [-0.05, 0) is 12.8 Å². The van der Waals surface area contributed by atoms with E-state index < -0.39 is 15.0 Å². The first-order valence-corrected chi connectivity index (χ1v) is 12.2. The molecule has 0 unspecified atom stereocenters. The van der Waals surface area contributed by atoms with Gasteiger partial charge in [-0.2, -0.15) is 4.99 Å². The number of amidine groups is 2. The number of imidazole rings is 1. The van der Waals surface area contributed by atoms with Crippen LogP contribution in [-0.2, 0) is 24.0 Å². The van der Waals surface area contributed by atoms with Gasteiger partial charge in [0.15, 0.2) is 11.7 Å². The van der Waals surface area contributed by atoms with Crippen molar-refractivity contribution in [3.8, 4) is 0 Å². The Balaban J connectivity index is 2.05. The maximum absolute atomic E-state index is 11.4. The van der Waals surface area contributed by atoms with Gasteiger partial charge in [-0.3, -0.25) is 5.41 Å². The van der Waals surface area contributed by atoms with E-state index >= 15 is 0 Å². The molecule has 1 aliphatic rings. The van der Waals surface area contributed by atoms with Crippen LogP contribution in [0.25, 0.3) is 0 Å². The highest BCUT2D eigenvalue weighted by Gasteiger charge is 2.37. The lowest BCUT2D eigenvalue weighted by molar-refractivity contribution is -0.0655. The molecule has 1 aromatic rings. The summed E-state index contributed by atoms with van der Waals surface area (Å²) in [6.07, 6.45) is 6.69. The van der Waals surface area contributed by atoms with Crippen molar-refractivity contribution in [2.45, 2.75) is 64.3 Å². The van der Waals surface area contributed by atoms with Crippen LogP contribution in [0, 0.1) is 5.41 Å². The van der Waals surface area contributed by atoms with Crippen LogP contribution in [0.3, 0.4) is 0 Å².